The number of hydrogen-bond donors (Lipinski definition) is 1. The average Bonchev–Trinajstić information content (AvgIpc) is 3.05. The highest BCUT2D eigenvalue weighted by Gasteiger charge is 2.17. The third kappa shape index (κ3) is 3.84. The molecule has 1 aromatic heterocycles. The van der Waals surface area contributed by atoms with E-state index < -0.39 is 0 Å². The van der Waals surface area contributed by atoms with Crippen LogP contribution in [0.4, 0.5) is 0 Å². The van der Waals surface area contributed by atoms with E-state index in [0.717, 1.165) is 12.3 Å². The van der Waals surface area contributed by atoms with E-state index in [-0.39, 0.29) is 5.97 Å². The molecule has 1 unspecified atom stereocenters. The Kier molecular flexibility index (Phi) is 5.20. The largest absolute Gasteiger partial charge is 0.465 e. The number of carbonyl (C=O) groups excluding carboxylic acids is 1. The van der Waals surface area contributed by atoms with Crippen LogP contribution in [0.2, 0.25) is 0 Å². The molecule has 0 bridgehead atoms. The van der Waals surface area contributed by atoms with Crippen LogP contribution in [0.5, 0.6) is 0 Å². The number of hydrogen-bond acceptors (Lipinski definition) is 5. The van der Waals surface area contributed by atoms with E-state index in [1.807, 2.05) is 0 Å². The molecule has 2 rings (SSSR count). The summed E-state index contributed by atoms with van der Waals surface area (Å²) in [6.07, 6.45) is 2.62. The van der Waals surface area contributed by atoms with Crippen LogP contribution in [0.3, 0.4) is 0 Å². The maximum Gasteiger partial charge on any atom is 0.341 e. The maximum absolute atomic E-state index is 11.5. The van der Waals surface area contributed by atoms with Crippen LogP contribution >= 0.6 is 0 Å². The van der Waals surface area contributed by atoms with Gasteiger partial charge in [-0.25, -0.2) is 4.79 Å². The lowest BCUT2D eigenvalue weighted by Crippen LogP contribution is -2.37. The van der Waals surface area contributed by atoms with Crippen molar-refractivity contribution in [3.63, 3.8) is 0 Å². The van der Waals surface area contributed by atoms with Crippen LogP contribution < -0.4 is 5.32 Å². The van der Waals surface area contributed by atoms with Crippen LogP contribution in [-0.4, -0.2) is 43.7 Å². The average molecular weight is 280 g/mol. The van der Waals surface area contributed by atoms with Gasteiger partial charge in [0, 0.05) is 12.6 Å². The lowest BCUT2D eigenvalue weighted by atomic mass is 10.2. The molecule has 20 heavy (non-hydrogen) atoms. The summed E-state index contributed by atoms with van der Waals surface area (Å²) >= 11 is 0. The van der Waals surface area contributed by atoms with Gasteiger partial charge in [0.25, 0.3) is 0 Å². The molecule has 0 radical (unpaired) electrons. The summed E-state index contributed by atoms with van der Waals surface area (Å²) in [5.41, 5.74) is 0.511. The monoisotopic (exact) mass is 280 g/mol. The Balaban J connectivity index is 1.82. The molecule has 2 heterocycles. The maximum atomic E-state index is 11.5. The number of furan rings is 1. The van der Waals surface area contributed by atoms with Crippen molar-refractivity contribution in [3.8, 4) is 0 Å². The molecular weight excluding hydrogens is 256 g/mol. The predicted octanol–water partition coefficient (Wildman–Crippen LogP) is 1.95. The summed E-state index contributed by atoms with van der Waals surface area (Å²) in [4.78, 5) is 14.0. The van der Waals surface area contributed by atoms with Crippen LogP contribution in [0.1, 0.15) is 41.6 Å². The zero-order valence-electron chi connectivity index (χ0n) is 12.6. The number of rotatable bonds is 6. The zero-order valence-corrected chi connectivity index (χ0v) is 12.6. The van der Waals surface area contributed by atoms with Gasteiger partial charge in [-0.15, -0.1) is 0 Å². The second kappa shape index (κ2) is 6.90. The van der Waals surface area contributed by atoms with Crippen molar-refractivity contribution in [3.05, 3.63) is 23.2 Å². The quantitative estimate of drug-likeness (QED) is 0.807. The van der Waals surface area contributed by atoms with E-state index in [4.69, 9.17) is 9.15 Å². The first-order valence-electron chi connectivity index (χ1n) is 7.23. The normalized spacial score (nSPS) is 17.4. The van der Waals surface area contributed by atoms with Crippen molar-refractivity contribution >= 4 is 5.97 Å². The molecule has 1 saturated heterocycles. The Morgan fingerprint density at radius 2 is 2.20 bits per heavy atom. The van der Waals surface area contributed by atoms with Gasteiger partial charge < -0.3 is 19.4 Å². The van der Waals surface area contributed by atoms with Gasteiger partial charge in [0.05, 0.1) is 13.7 Å². The lowest BCUT2D eigenvalue weighted by Gasteiger charge is -2.20. The second-order valence-electron chi connectivity index (χ2n) is 5.46. The molecule has 0 aromatic carbocycles. The van der Waals surface area contributed by atoms with Gasteiger partial charge in [0.2, 0.25) is 0 Å². The number of ether oxygens (including phenoxy) is 1. The molecule has 1 aromatic rings. The van der Waals surface area contributed by atoms with Gasteiger partial charge in [-0.05, 0) is 45.8 Å². The van der Waals surface area contributed by atoms with Crippen LogP contribution in [-0.2, 0) is 11.3 Å². The minimum Gasteiger partial charge on any atom is -0.465 e. The first-order chi connectivity index (χ1) is 9.60. The van der Waals surface area contributed by atoms with Gasteiger partial charge >= 0.3 is 5.97 Å². The van der Waals surface area contributed by atoms with Crippen LogP contribution in [0.25, 0.3) is 0 Å². The fourth-order valence-electron chi connectivity index (χ4n) is 2.64. The van der Waals surface area contributed by atoms with Crippen LogP contribution in [0.15, 0.2) is 10.5 Å². The summed E-state index contributed by atoms with van der Waals surface area (Å²) in [6, 6.07) is 2.16. The second-order valence-corrected chi connectivity index (χ2v) is 5.46. The molecule has 0 saturated carbocycles. The molecule has 1 N–H and O–H groups in total. The Morgan fingerprint density at radius 1 is 1.50 bits per heavy atom. The van der Waals surface area contributed by atoms with Crippen LogP contribution in [0, 0.1) is 6.92 Å². The number of esters is 1. The molecule has 5 heteroatoms. The van der Waals surface area contributed by atoms with Crippen molar-refractivity contribution in [2.45, 2.75) is 39.3 Å². The highest BCUT2D eigenvalue weighted by Crippen LogP contribution is 2.15. The summed E-state index contributed by atoms with van der Waals surface area (Å²) in [5.74, 6) is 1.04. The van der Waals surface area contributed by atoms with Gasteiger partial charge in [-0.2, -0.15) is 0 Å². The lowest BCUT2D eigenvalue weighted by molar-refractivity contribution is 0.0599. The van der Waals surface area contributed by atoms with E-state index in [1.165, 1.54) is 33.0 Å². The highest BCUT2D eigenvalue weighted by molar-refractivity contribution is 5.90. The number of likely N-dealkylation sites (tertiary alicyclic amines) is 1. The fourth-order valence-corrected chi connectivity index (χ4v) is 2.64. The summed E-state index contributed by atoms with van der Waals surface area (Å²) in [6.45, 7) is 8.06. The van der Waals surface area contributed by atoms with Crippen molar-refractivity contribution in [1.29, 1.82) is 0 Å². The molecule has 0 spiro atoms. The summed E-state index contributed by atoms with van der Waals surface area (Å²) < 4.78 is 10.3. The van der Waals surface area contributed by atoms with E-state index in [9.17, 15) is 4.79 Å². The summed E-state index contributed by atoms with van der Waals surface area (Å²) in [5, 5.41) is 3.44. The number of nitrogens with one attached hydrogen (secondary N) is 1. The van der Waals surface area contributed by atoms with E-state index in [1.54, 1.807) is 13.0 Å². The third-order valence-electron chi connectivity index (χ3n) is 3.73. The highest BCUT2D eigenvalue weighted by atomic mass is 16.5. The topological polar surface area (TPSA) is 54.7 Å². The zero-order chi connectivity index (χ0) is 14.5. The number of aryl methyl sites for hydroxylation is 1. The molecule has 0 aliphatic carbocycles. The molecule has 1 aliphatic rings. The number of nitrogens with zero attached hydrogens (tertiary/aromatic N) is 1. The molecule has 5 nitrogen and oxygen atoms in total. The minimum atomic E-state index is -0.345. The minimum absolute atomic E-state index is 0.345. The van der Waals surface area contributed by atoms with Crippen molar-refractivity contribution in [1.82, 2.24) is 10.2 Å². The first-order valence-corrected chi connectivity index (χ1v) is 7.23. The molecule has 1 atom stereocenters. The predicted molar refractivity (Wildman–Crippen MR) is 76.8 cm³/mol. The number of carbonyl (C=O) groups is 1. The Morgan fingerprint density at radius 3 is 2.85 bits per heavy atom. The molecule has 1 fully saturated rings. The first kappa shape index (κ1) is 15.1. The SMILES string of the molecule is COC(=O)c1cc(CNC(C)CN2CCCC2)oc1C. The van der Waals surface area contributed by atoms with Gasteiger partial charge in [0.1, 0.15) is 17.1 Å². The Hall–Kier alpha value is -1.33. The smallest absolute Gasteiger partial charge is 0.341 e. The van der Waals surface area contributed by atoms with Crippen molar-refractivity contribution in [2.24, 2.45) is 0 Å². The molecular formula is C15H24N2O3. The molecule has 0 amide bonds. The van der Waals surface area contributed by atoms with Crippen molar-refractivity contribution in [2.75, 3.05) is 26.7 Å². The molecule has 1 aliphatic heterocycles. The molecule has 112 valence electrons. The third-order valence-corrected chi connectivity index (χ3v) is 3.73. The van der Waals surface area contributed by atoms with E-state index in [0.29, 0.717) is 23.9 Å². The number of methoxy groups -OCH3 is 1. The van der Waals surface area contributed by atoms with Gasteiger partial charge in [0.15, 0.2) is 0 Å². The Bertz CT molecular complexity index is 450. The van der Waals surface area contributed by atoms with E-state index >= 15 is 0 Å². The van der Waals surface area contributed by atoms with Crippen molar-refractivity contribution < 1.29 is 13.9 Å². The Labute approximate surface area is 120 Å². The van der Waals surface area contributed by atoms with Gasteiger partial charge in [-0.1, -0.05) is 0 Å². The van der Waals surface area contributed by atoms with E-state index in [2.05, 4.69) is 17.1 Å². The standard InChI is InChI=1S/C15H24N2O3/c1-11(10-17-6-4-5-7-17)16-9-13-8-14(12(2)20-13)15(18)19-3/h8,11,16H,4-7,9-10H2,1-3H3. The fraction of sp³-hybridized carbons (Fsp3) is 0.667. The summed E-state index contributed by atoms with van der Waals surface area (Å²) in [7, 11) is 1.38. The van der Waals surface area contributed by atoms with Gasteiger partial charge in [-0.3, -0.25) is 0 Å².